The number of hydrogen-bond acceptors (Lipinski definition) is 6. The molecule has 10 heteroatoms. The molecule has 0 aliphatic rings. The number of carbonyl (C=O) groups is 3. The largest absolute Gasteiger partial charge is 0.354 e. The van der Waals surface area contributed by atoms with E-state index in [1.54, 1.807) is 28.8 Å². The molecule has 0 fully saturated rings. The lowest BCUT2D eigenvalue weighted by atomic mass is 10.0. The van der Waals surface area contributed by atoms with Crippen molar-refractivity contribution in [3.63, 3.8) is 0 Å². The van der Waals surface area contributed by atoms with Gasteiger partial charge in [-0.05, 0) is 75.2 Å². The van der Waals surface area contributed by atoms with Gasteiger partial charge in [-0.15, -0.1) is 12.4 Å². The van der Waals surface area contributed by atoms with Crippen LogP contribution in [0.15, 0.2) is 42.5 Å². The summed E-state index contributed by atoms with van der Waals surface area (Å²) in [5.41, 5.74) is 4.21. The average molecular weight is 653 g/mol. The summed E-state index contributed by atoms with van der Waals surface area (Å²) in [5, 5.41) is 4.41. The van der Waals surface area contributed by atoms with Gasteiger partial charge in [-0.3, -0.25) is 23.9 Å². The fourth-order valence-corrected chi connectivity index (χ4v) is 5.66. The molecular weight excluding hydrogens is 609 g/mol. The highest BCUT2D eigenvalue weighted by Gasteiger charge is 2.21. The molecule has 3 aromatic rings. The summed E-state index contributed by atoms with van der Waals surface area (Å²) in [7, 11) is 0. The summed E-state index contributed by atoms with van der Waals surface area (Å²) in [6, 6.07) is 12.9. The van der Waals surface area contributed by atoms with E-state index in [4.69, 9.17) is 11.6 Å². The zero-order chi connectivity index (χ0) is 29.8. The Labute approximate surface area is 272 Å². The predicted molar refractivity (Wildman–Crippen MR) is 183 cm³/mol. The molecule has 0 unspecified atom stereocenters. The number of amides is 1. The average Bonchev–Trinajstić information content (AvgIpc) is 3.21. The van der Waals surface area contributed by atoms with Gasteiger partial charge in [-0.2, -0.15) is 25.3 Å². The number of Topliss-reactive ketones (excluding diaryl/α,β-unsaturated/α-hetero) is 1. The molecule has 0 bridgehead atoms. The van der Waals surface area contributed by atoms with Crippen molar-refractivity contribution in [2.75, 3.05) is 37.7 Å². The maximum atomic E-state index is 13.5. The van der Waals surface area contributed by atoms with Crippen LogP contribution < -0.4 is 5.32 Å². The number of ketones is 1. The number of halogens is 2. The van der Waals surface area contributed by atoms with Crippen molar-refractivity contribution in [2.45, 2.75) is 58.8 Å². The lowest BCUT2D eigenvalue weighted by molar-refractivity contribution is -0.122. The smallest absolute Gasteiger partial charge is 0.262 e. The van der Waals surface area contributed by atoms with Gasteiger partial charge < -0.3 is 5.32 Å². The van der Waals surface area contributed by atoms with Crippen LogP contribution in [0.5, 0.6) is 0 Å². The molecule has 0 radical (unpaired) electrons. The Bertz CT molecular complexity index is 1330. The summed E-state index contributed by atoms with van der Waals surface area (Å²) >= 11 is 14.5. The molecule has 42 heavy (non-hydrogen) atoms. The van der Waals surface area contributed by atoms with E-state index in [0.717, 1.165) is 78.7 Å². The van der Waals surface area contributed by atoms with Crippen LogP contribution in [0.1, 0.15) is 65.7 Å². The van der Waals surface area contributed by atoms with E-state index in [0.29, 0.717) is 42.3 Å². The summed E-state index contributed by atoms with van der Waals surface area (Å²) in [4.78, 5) is 40.6. The first-order valence-corrected chi connectivity index (χ1v) is 16.0. The molecule has 1 aromatic heterocycles. The number of nitrogens with zero attached hydrogens (tertiary/aromatic N) is 2. The van der Waals surface area contributed by atoms with Crippen molar-refractivity contribution < 1.29 is 14.4 Å². The molecule has 0 spiro atoms. The van der Waals surface area contributed by atoms with Gasteiger partial charge in [-0.1, -0.05) is 42.5 Å². The SMILES string of the molecule is Cc1ccc2c(c1)c(CC(=O)CCCCCCCN(CCS)CC(=O)NCCS)c(C)n2C(=O)c1ccc(Cl)cc1.Cl. The first-order chi connectivity index (χ1) is 19.7. The molecule has 0 aliphatic heterocycles. The molecule has 230 valence electrons. The Morgan fingerprint density at radius 1 is 0.905 bits per heavy atom. The summed E-state index contributed by atoms with van der Waals surface area (Å²) < 4.78 is 1.72. The quantitative estimate of drug-likeness (QED) is 0.112. The van der Waals surface area contributed by atoms with Crippen molar-refractivity contribution in [1.82, 2.24) is 14.8 Å². The minimum absolute atomic E-state index is 0. The van der Waals surface area contributed by atoms with E-state index in [-0.39, 0.29) is 30.0 Å². The Kier molecular flexibility index (Phi) is 16.1. The Balaban J connectivity index is 0.00000616. The lowest BCUT2D eigenvalue weighted by Crippen LogP contribution is -2.39. The first-order valence-electron chi connectivity index (χ1n) is 14.4. The highest BCUT2D eigenvalue weighted by molar-refractivity contribution is 7.80. The second-order valence-electron chi connectivity index (χ2n) is 10.5. The van der Waals surface area contributed by atoms with Crippen LogP contribution in [0.4, 0.5) is 0 Å². The van der Waals surface area contributed by atoms with Crippen LogP contribution >= 0.6 is 49.3 Å². The highest BCUT2D eigenvalue weighted by atomic mass is 35.5. The molecule has 0 saturated heterocycles. The molecule has 6 nitrogen and oxygen atoms in total. The van der Waals surface area contributed by atoms with Gasteiger partial charge in [0.2, 0.25) is 5.91 Å². The Morgan fingerprint density at radius 2 is 1.60 bits per heavy atom. The minimum Gasteiger partial charge on any atom is -0.354 e. The molecule has 0 aliphatic carbocycles. The maximum absolute atomic E-state index is 13.5. The first kappa shape index (κ1) is 36.2. The predicted octanol–water partition coefficient (Wildman–Crippen LogP) is 6.75. The Hall–Kier alpha value is -1.97. The molecule has 1 N–H and O–H groups in total. The minimum atomic E-state index is -0.127. The van der Waals surface area contributed by atoms with Gasteiger partial charge in [0.05, 0.1) is 12.1 Å². The fraction of sp³-hybridized carbons (Fsp3) is 0.469. The van der Waals surface area contributed by atoms with Gasteiger partial charge >= 0.3 is 0 Å². The van der Waals surface area contributed by atoms with E-state index < -0.39 is 0 Å². The number of nitrogens with one attached hydrogen (secondary N) is 1. The molecule has 1 amide bonds. The molecule has 2 aromatic carbocycles. The third-order valence-corrected chi connectivity index (χ3v) is 7.98. The van der Waals surface area contributed by atoms with Crippen LogP contribution in [0.3, 0.4) is 0 Å². The van der Waals surface area contributed by atoms with Crippen molar-refractivity contribution in [1.29, 1.82) is 0 Å². The van der Waals surface area contributed by atoms with Crippen LogP contribution in [-0.4, -0.2) is 64.7 Å². The summed E-state index contributed by atoms with van der Waals surface area (Å²) in [5.74, 6) is 1.45. The second kappa shape index (κ2) is 18.6. The normalized spacial score (nSPS) is 11.1. The van der Waals surface area contributed by atoms with E-state index in [1.807, 2.05) is 26.0 Å². The van der Waals surface area contributed by atoms with Crippen LogP contribution in [-0.2, 0) is 16.0 Å². The Morgan fingerprint density at radius 3 is 2.29 bits per heavy atom. The number of rotatable bonds is 17. The summed E-state index contributed by atoms with van der Waals surface area (Å²) in [6.07, 6.45) is 5.83. The zero-order valence-corrected chi connectivity index (χ0v) is 27.9. The highest BCUT2D eigenvalue weighted by Crippen LogP contribution is 2.29. The fourth-order valence-electron chi connectivity index (χ4n) is 5.14. The molecule has 3 rings (SSSR count). The van der Waals surface area contributed by atoms with Crippen molar-refractivity contribution in [3.05, 3.63) is 69.9 Å². The van der Waals surface area contributed by atoms with E-state index in [2.05, 4.69) is 41.5 Å². The lowest BCUT2D eigenvalue weighted by Gasteiger charge is -2.20. The topological polar surface area (TPSA) is 71.4 Å². The van der Waals surface area contributed by atoms with Gasteiger partial charge in [0.15, 0.2) is 0 Å². The zero-order valence-electron chi connectivity index (χ0n) is 24.5. The van der Waals surface area contributed by atoms with Gasteiger partial charge in [0, 0.05) is 59.1 Å². The third-order valence-electron chi connectivity index (χ3n) is 7.31. The van der Waals surface area contributed by atoms with Crippen LogP contribution in [0.25, 0.3) is 10.9 Å². The number of aromatic nitrogens is 1. The van der Waals surface area contributed by atoms with Gasteiger partial charge in [0.1, 0.15) is 5.78 Å². The number of unbranched alkanes of at least 4 members (excludes halogenated alkanes) is 4. The number of fused-ring (bicyclic) bond motifs is 1. The monoisotopic (exact) mass is 651 g/mol. The molecule has 0 saturated carbocycles. The van der Waals surface area contributed by atoms with E-state index >= 15 is 0 Å². The molecular formula is C32H43Cl2N3O3S2. The second-order valence-corrected chi connectivity index (χ2v) is 11.9. The van der Waals surface area contributed by atoms with Crippen molar-refractivity contribution in [3.8, 4) is 0 Å². The van der Waals surface area contributed by atoms with Crippen LogP contribution in [0, 0.1) is 13.8 Å². The third kappa shape index (κ3) is 10.6. The van der Waals surface area contributed by atoms with Crippen molar-refractivity contribution in [2.24, 2.45) is 0 Å². The van der Waals surface area contributed by atoms with E-state index in [9.17, 15) is 14.4 Å². The van der Waals surface area contributed by atoms with E-state index in [1.165, 1.54) is 0 Å². The molecule has 1 heterocycles. The maximum Gasteiger partial charge on any atom is 0.262 e. The summed E-state index contributed by atoms with van der Waals surface area (Å²) in [6.45, 7) is 6.57. The van der Waals surface area contributed by atoms with Gasteiger partial charge in [-0.25, -0.2) is 0 Å². The van der Waals surface area contributed by atoms with Crippen LogP contribution in [0.2, 0.25) is 5.02 Å². The number of hydrogen-bond donors (Lipinski definition) is 3. The standard InChI is InChI=1S/C32H42ClN3O3S2.ClH/c1-23-9-14-30-29(20-23)28(24(2)36(30)32(39)25-10-12-26(33)13-11-25)21-27(37)8-6-4-3-5-7-16-35(17-19-41)22-31(38)34-15-18-40;/h9-14,20,40-41H,3-8,15-19,21-22H2,1-2H3,(H,34,38);1H. The number of carbonyl (C=O) groups excluding carboxylic acids is 3. The van der Waals surface area contributed by atoms with Gasteiger partial charge in [0.25, 0.3) is 5.91 Å². The molecule has 0 atom stereocenters. The number of aryl methyl sites for hydroxylation is 1. The van der Waals surface area contributed by atoms with Crippen molar-refractivity contribution >= 4 is 77.8 Å². The number of thiol groups is 2. The number of benzene rings is 2.